The van der Waals surface area contributed by atoms with E-state index in [0.29, 0.717) is 12.8 Å². The van der Waals surface area contributed by atoms with Gasteiger partial charge in [0, 0.05) is 5.92 Å². The van der Waals surface area contributed by atoms with Crippen LogP contribution in [0.15, 0.2) is 30.3 Å². The molecule has 1 aromatic carbocycles. The van der Waals surface area contributed by atoms with Gasteiger partial charge in [-0.3, -0.25) is 4.79 Å². The summed E-state index contributed by atoms with van der Waals surface area (Å²) >= 11 is 4.98. The van der Waals surface area contributed by atoms with Gasteiger partial charge < -0.3 is 16.6 Å². The van der Waals surface area contributed by atoms with E-state index >= 15 is 0 Å². The van der Waals surface area contributed by atoms with Crippen molar-refractivity contribution >= 4 is 23.1 Å². The molecular formula is C17H24FN2O2S. The third-order valence-corrected chi connectivity index (χ3v) is 4.21. The van der Waals surface area contributed by atoms with Gasteiger partial charge in [0.15, 0.2) is 5.67 Å². The van der Waals surface area contributed by atoms with Gasteiger partial charge in [0.25, 0.3) is 5.91 Å². The summed E-state index contributed by atoms with van der Waals surface area (Å²) in [6.07, 6.45) is 2.17. The minimum atomic E-state index is -2.10. The molecule has 0 bridgehead atoms. The molecule has 1 aromatic rings. The summed E-state index contributed by atoms with van der Waals surface area (Å²) in [5.41, 5.74) is 9.67. The molecule has 4 nitrogen and oxygen atoms in total. The van der Waals surface area contributed by atoms with Crippen LogP contribution < -0.4 is 11.5 Å². The molecule has 0 saturated heterocycles. The Hall–Kier alpha value is -1.53. The van der Waals surface area contributed by atoms with Gasteiger partial charge in [-0.1, -0.05) is 42.5 Å². The minimum absolute atomic E-state index is 0.0737. The first-order valence-electron chi connectivity index (χ1n) is 7.56. The van der Waals surface area contributed by atoms with E-state index in [4.69, 9.17) is 23.7 Å². The van der Waals surface area contributed by atoms with Crippen molar-refractivity contribution in [2.24, 2.45) is 17.4 Å². The molecule has 23 heavy (non-hydrogen) atoms. The van der Waals surface area contributed by atoms with E-state index in [-0.39, 0.29) is 23.7 Å². The van der Waals surface area contributed by atoms with Crippen molar-refractivity contribution in [1.82, 2.24) is 0 Å². The lowest BCUT2D eigenvalue weighted by Gasteiger charge is -2.22. The van der Waals surface area contributed by atoms with Gasteiger partial charge in [-0.05, 0) is 44.6 Å². The molecule has 0 aromatic heterocycles. The molecule has 0 saturated carbocycles. The van der Waals surface area contributed by atoms with Gasteiger partial charge >= 0.3 is 0 Å². The van der Waals surface area contributed by atoms with Crippen LogP contribution in [0.4, 0.5) is 4.39 Å². The number of benzene rings is 1. The van der Waals surface area contributed by atoms with E-state index in [1.807, 2.05) is 30.3 Å². The smallest absolute Gasteiger partial charge is 0.254 e. The zero-order valence-corrected chi connectivity index (χ0v) is 14.1. The zero-order chi connectivity index (χ0) is 17.5. The average Bonchev–Trinajstić information content (AvgIpc) is 2.50. The van der Waals surface area contributed by atoms with Crippen molar-refractivity contribution in [3.05, 3.63) is 42.3 Å². The summed E-state index contributed by atoms with van der Waals surface area (Å²) in [5.74, 6) is -1.35. The number of amides is 1. The second kappa shape index (κ2) is 8.93. The molecule has 0 aliphatic carbocycles. The van der Waals surface area contributed by atoms with E-state index < -0.39 is 17.7 Å². The van der Waals surface area contributed by atoms with Crippen LogP contribution in [0.1, 0.15) is 31.7 Å². The van der Waals surface area contributed by atoms with Gasteiger partial charge in [0.2, 0.25) is 0 Å². The second-order valence-corrected chi connectivity index (χ2v) is 6.40. The summed E-state index contributed by atoms with van der Waals surface area (Å²) in [7, 11) is 0. The summed E-state index contributed by atoms with van der Waals surface area (Å²) in [5, 5.41) is 10.1. The van der Waals surface area contributed by atoms with E-state index in [2.05, 4.69) is 0 Å². The Labute approximate surface area is 142 Å². The van der Waals surface area contributed by atoms with E-state index in [9.17, 15) is 14.3 Å². The van der Waals surface area contributed by atoms with Crippen molar-refractivity contribution in [3.8, 4) is 0 Å². The number of halogens is 1. The van der Waals surface area contributed by atoms with Gasteiger partial charge in [-0.25, -0.2) is 4.39 Å². The van der Waals surface area contributed by atoms with Crippen LogP contribution in [0.2, 0.25) is 0 Å². The number of hydrogen-bond acceptors (Lipinski definition) is 3. The Balaban J connectivity index is 2.48. The Bertz CT molecular complexity index is 523. The van der Waals surface area contributed by atoms with Gasteiger partial charge in [-0.2, -0.15) is 0 Å². The molecule has 0 fully saturated rings. The van der Waals surface area contributed by atoms with Crippen LogP contribution in [0.3, 0.4) is 0 Å². The van der Waals surface area contributed by atoms with Crippen molar-refractivity contribution in [2.45, 2.75) is 44.4 Å². The maximum absolute atomic E-state index is 13.9. The third-order valence-electron chi connectivity index (χ3n) is 3.87. The van der Waals surface area contributed by atoms with Gasteiger partial charge in [-0.15, -0.1) is 0 Å². The van der Waals surface area contributed by atoms with Crippen LogP contribution in [0.5, 0.6) is 0 Å². The van der Waals surface area contributed by atoms with Crippen molar-refractivity contribution in [2.75, 3.05) is 0 Å². The van der Waals surface area contributed by atoms with Crippen molar-refractivity contribution < 1.29 is 14.3 Å². The normalized spacial score (nSPS) is 16.3. The van der Waals surface area contributed by atoms with Crippen LogP contribution in [-0.2, 0) is 11.2 Å². The van der Waals surface area contributed by atoms with Crippen molar-refractivity contribution in [1.29, 1.82) is 0 Å². The summed E-state index contributed by atoms with van der Waals surface area (Å²) in [6, 6.07) is 9.72. The molecule has 0 aliphatic rings. The first-order valence-corrected chi connectivity index (χ1v) is 7.96. The number of thiocarbonyl (C=S) groups is 1. The molecule has 127 valence electrons. The van der Waals surface area contributed by atoms with Crippen molar-refractivity contribution in [3.63, 3.8) is 0 Å². The molecule has 0 aliphatic heterocycles. The van der Waals surface area contributed by atoms with Gasteiger partial charge in [0.05, 0.1) is 11.1 Å². The number of hydrogen-bond donors (Lipinski definition) is 3. The summed E-state index contributed by atoms with van der Waals surface area (Å²) in [6.45, 7) is 1.14. The summed E-state index contributed by atoms with van der Waals surface area (Å²) in [4.78, 5) is 11.2. The number of primary amides is 1. The van der Waals surface area contributed by atoms with Crippen LogP contribution >= 0.6 is 12.2 Å². The maximum atomic E-state index is 13.9. The highest BCUT2D eigenvalue weighted by molar-refractivity contribution is 7.80. The molecule has 6 heteroatoms. The number of carbonyl (C=O) groups excluding carboxylic acids is 1. The fourth-order valence-corrected chi connectivity index (χ4v) is 2.43. The molecular weight excluding hydrogens is 315 g/mol. The van der Waals surface area contributed by atoms with Gasteiger partial charge in [0.1, 0.15) is 0 Å². The molecule has 3 atom stereocenters. The molecule has 1 rings (SSSR count). The highest BCUT2D eigenvalue weighted by Gasteiger charge is 2.32. The fourth-order valence-electron chi connectivity index (χ4n) is 2.22. The molecule has 1 radical (unpaired) electrons. The lowest BCUT2D eigenvalue weighted by molar-refractivity contribution is -0.128. The highest BCUT2D eigenvalue weighted by Crippen LogP contribution is 2.24. The highest BCUT2D eigenvalue weighted by atomic mass is 32.1. The Morgan fingerprint density at radius 3 is 2.52 bits per heavy atom. The predicted molar refractivity (Wildman–Crippen MR) is 93.3 cm³/mol. The first-order chi connectivity index (χ1) is 10.7. The number of rotatable bonds is 10. The van der Waals surface area contributed by atoms with E-state index in [1.54, 1.807) is 6.42 Å². The Morgan fingerprint density at radius 2 is 2.00 bits per heavy atom. The minimum Gasteiger partial charge on any atom is -0.393 e. The Kier molecular flexibility index (Phi) is 7.58. The number of alkyl halides is 1. The zero-order valence-electron chi connectivity index (χ0n) is 13.2. The fraction of sp³-hybridized carbons (Fsp3) is 0.471. The predicted octanol–water partition coefficient (Wildman–Crippen LogP) is 2.08. The monoisotopic (exact) mass is 339 g/mol. The topological polar surface area (TPSA) is 89.3 Å². The maximum Gasteiger partial charge on any atom is 0.254 e. The number of aliphatic hydroxyl groups excluding tert-OH is 1. The standard InChI is InChI=1S/C17H24FN2O2S/c1-17(18,16(20)22)10-9-13(15(19)23)11-14(21)8-7-12-5-3-2-4-6-12/h2-6,8,13-14,21H,7,9-11H2,1H3,(H2,19,23)(H2,20,22). The molecule has 1 amide bonds. The quantitative estimate of drug-likeness (QED) is 0.569. The van der Waals surface area contributed by atoms with E-state index in [0.717, 1.165) is 12.5 Å². The Morgan fingerprint density at radius 1 is 1.39 bits per heavy atom. The molecule has 0 spiro atoms. The number of carbonyl (C=O) groups is 1. The van der Waals surface area contributed by atoms with Crippen LogP contribution in [0, 0.1) is 12.3 Å². The third kappa shape index (κ3) is 7.05. The first kappa shape index (κ1) is 19.5. The second-order valence-electron chi connectivity index (χ2n) is 5.93. The van der Waals surface area contributed by atoms with Crippen LogP contribution in [0.25, 0.3) is 0 Å². The van der Waals surface area contributed by atoms with Crippen LogP contribution in [-0.4, -0.2) is 27.8 Å². The molecule has 5 N–H and O–H groups in total. The number of nitrogens with two attached hydrogens (primary N) is 2. The molecule has 0 heterocycles. The number of aliphatic hydroxyl groups is 1. The van der Waals surface area contributed by atoms with E-state index in [1.165, 1.54) is 0 Å². The SMILES string of the molecule is CC(F)(CCC(CC(O)[CH]Cc1ccccc1)C(N)=S)C(N)=O. The lowest BCUT2D eigenvalue weighted by Crippen LogP contribution is -2.38. The largest absolute Gasteiger partial charge is 0.393 e. The average molecular weight is 339 g/mol. The molecule has 3 unspecified atom stereocenters. The lowest BCUT2D eigenvalue weighted by atomic mass is 9.89. The summed E-state index contributed by atoms with van der Waals surface area (Å²) < 4.78 is 13.9.